The number of cyclic esters (lactones) is 1. The second-order valence-corrected chi connectivity index (χ2v) is 4.82. The van der Waals surface area contributed by atoms with Crippen LogP contribution in [0, 0.1) is 11.8 Å². The maximum absolute atomic E-state index is 11.8. The molecule has 2 aliphatic rings. The van der Waals surface area contributed by atoms with Gasteiger partial charge in [0.1, 0.15) is 6.10 Å². The first kappa shape index (κ1) is 9.88. The average Bonchev–Trinajstić information content (AvgIpc) is 2.69. The van der Waals surface area contributed by atoms with Gasteiger partial charge in [0.15, 0.2) is 0 Å². The summed E-state index contributed by atoms with van der Waals surface area (Å²) < 4.78 is 5.56. The van der Waals surface area contributed by atoms with E-state index in [1.165, 1.54) is 12.8 Å². The summed E-state index contributed by atoms with van der Waals surface area (Å²) in [6.45, 7) is 0. The normalized spacial score (nSPS) is 33.2. The van der Waals surface area contributed by atoms with E-state index in [9.17, 15) is 4.79 Å². The molecule has 16 heavy (non-hydrogen) atoms. The molecule has 1 aromatic carbocycles. The number of benzene rings is 1. The van der Waals surface area contributed by atoms with Gasteiger partial charge in [-0.2, -0.15) is 0 Å². The van der Waals surface area contributed by atoms with Gasteiger partial charge in [0.05, 0.1) is 5.92 Å². The molecule has 0 aromatic heterocycles. The number of carbonyl (C=O) groups excluding carboxylic acids is 1. The predicted molar refractivity (Wildman–Crippen MR) is 60.7 cm³/mol. The van der Waals surface area contributed by atoms with E-state index in [2.05, 4.69) is 12.1 Å². The Hall–Kier alpha value is -1.31. The molecule has 1 heterocycles. The summed E-state index contributed by atoms with van der Waals surface area (Å²) in [6.07, 6.45) is 4.58. The molecular formula is C14H16O2. The maximum Gasteiger partial charge on any atom is 0.309 e. The molecule has 2 heteroatoms. The first-order chi connectivity index (χ1) is 7.86. The van der Waals surface area contributed by atoms with Crippen LogP contribution in [-0.4, -0.2) is 5.97 Å². The standard InChI is InChI=1S/C14H16O2/c15-14-12-9-5-4-8-11(12)13(16-14)10-6-2-1-3-7-10/h1-3,6-7,11-13H,4-5,8-9H2/t11-,12-,13?/m0/s1. The first-order valence-electron chi connectivity index (χ1n) is 6.12. The summed E-state index contributed by atoms with van der Waals surface area (Å²) in [6, 6.07) is 10.2. The molecule has 1 unspecified atom stereocenters. The molecule has 3 rings (SSSR count). The van der Waals surface area contributed by atoms with E-state index >= 15 is 0 Å². The van der Waals surface area contributed by atoms with Gasteiger partial charge in [-0.15, -0.1) is 0 Å². The molecule has 0 N–H and O–H groups in total. The predicted octanol–water partition coefficient (Wildman–Crippen LogP) is 3.09. The summed E-state index contributed by atoms with van der Waals surface area (Å²) in [5.41, 5.74) is 1.16. The minimum Gasteiger partial charge on any atom is -0.457 e. The van der Waals surface area contributed by atoms with E-state index < -0.39 is 0 Å². The molecule has 3 atom stereocenters. The fraction of sp³-hybridized carbons (Fsp3) is 0.500. The molecule has 1 saturated heterocycles. The molecule has 1 aromatic rings. The van der Waals surface area contributed by atoms with Crippen LogP contribution in [-0.2, 0) is 9.53 Å². The van der Waals surface area contributed by atoms with Crippen LogP contribution in [0.2, 0.25) is 0 Å². The molecule has 1 aliphatic heterocycles. The van der Waals surface area contributed by atoms with Gasteiger partial charge in [-0.05, 0) is 18.4 Å². The Morgan fingerprint density at radius 1 is 1.06 bits per heavy atom. The zero-order valence-electron chi connectivity index (χ0n) is 9.26. The SMILES string of the molecule is O=C1OC(c2ccccc2)[C@H]2CCCC[C@H]12. The summed E-state index contributed by atoms with van der Waals surface area (Å²) in [4.78, 5) is 11.8. The quantitative estimate of drug-likeness (QED) is 0.674. The van der Waals surface area contributed by atoms with Gasteiger partial charge in [0, 0.05) is 5.92 Å². The second kappa shape index (κ2) is 3.93. The van der Waals surface area contributed by atoms with Crippen molar-refractivity contribution < 1.29 is 9.53 Å². The molecule has 2 fully saturated rings. The number of ether oxygens (including phenoxy) is 1. The Morgan fingerprint density at radius 2 is 1.81 bits per heavy atom. The zero-order chi connectivity index (χ0) is 11.0. The van der Waals surface area contributed by atoms with Crippen molar-refractivity contribution in [3.05, 3.63) is 35.9 Å². The highest BCUT2D eigenvalue weighted by molar-refractivity contribution is 5.75. The molecule has 0 radical (unpaired) electrons. The highest BCUT2D eigenvalue weighted by Gasteiger charge is 2.45. The molecule has 0 spiro atoms. The van der Waals surface area contributed by atoms with E-state index in [1.807, 2.05) is 18.2 Å². The number of hydrogen-bond donors (Lipinski definition) is 0. The fourth-order valence-electron chi connectivity index (χ4n) is 3.07. The molecular weight excluding hydrogens is 200 g/mol. The van der Waals surface area contributed by atoms with Crippen molar-refractivity contribution in [1.82, 2.24) is 0 Å². The van der Waals surface area contributed by atoms with Gasteiger partial charge in [-0.3, -0.25) is 4.79 Å². The topological polar surface area (TPSA) is 26.3 Å². The number of fused-ring (bicyclic) bond motifs is 1. The minimum absolute atomic E-state index is 0.0130. The third-order valence-corrected chi connectivity index (χ3v) is 3.88. The Kier molecular flexibility index (Phi) is 2.43. The van der Waals surface area contributed by atoms with Gasteiger partial charge in [-0.25, -0.2) is 0 Å². The van der Waals surface area contributed by atoms with E-state index in [-0.39, 0.29) is 18.0 Å². The number of hydrogen-bond acceptors (Lipinski definition) is 2. The monoisotopic (exact) mass is 216 g/mol. The maximum atomic E-state index is 11.8. The Labute approximate surface area is 95.6 Å². The minimum atomic E-state index is 0.0130. The largest absolute Gasteiger partial charge is 0.457 e. The summed E-state index contributed by atoms with van der Waals surface area (Å²) in [5, 5.41) is 0. The first-order valence-corrected chi connectivity index (χ1v) is 6.12. The van der Waals surface area contributed by atoms with Crippen LogP contribution in [0.1, 0.15) is 37.4 Å². The van der Waals surface area contributed by atoms with Crippen molar-refractivity contribution in [2.75, 3.05) is 0 Å². The van der Waals surface area contributed by atoms with Crippen molar-refractivity contribution in [2.24, 2.45) is 11.8 Å². The zero-order valence-corrected chi connectivity index (χ0v) is 9.26. The van der Waals surface area contributed by atoms with Crippen molar-refractivity contribution in [2.45, 2.75) is 31.8 Å². The molecule has 84 valence electrons. The molecule has 0 amide bonds. The Morgan fingerprint density at radius 3 is 2.62 bits per heavy atom. The lowest BCUT2D eigenvalue weighted by atomic mass is 9.77. The molecule has 1 aliphatic carbocycles. The van der Waals surface area contributed by atoms with Crippen LogP contribution in [0.4, 0.5) is 0 Å². The van der Waals surface area contributed by atoms with Crippen molar-refractivity contribution in [1.29, 1.82) is 0 Å². The molecule has 0 bridgehead atoms. The highest BCUT2D eigenvalue weighted by atomic mass is 16.6. The van der Waals surface area contributed by atoms with Crippen LogP contribution >= 0.6 is 0 Å². The second-order valence-electron chi connectivity index (χ2n) is 4.82. The van der Waals surface area contributed by atoms with Crippen LogP contribution in [0.3, 0.4) is 0 Å². The third-order valence-electron chi connectivity index (χ3n) is 3.88. The lowest BCUT2D eigenvalue weighted by molar-refractivity contribution is -0.144. The van der Waals surface area contributed by atoms with E-state index in [0.29, 0.717) is 5.92 Å². The average molecular weight is 216 g/mol. The van der Waals surface area contributed by atoms with E-state index in [1.54, 1.807) is 0 Å². The van der Waals surface area contributed by atoms with Gasteiger partial charge < -0.3 is 4.74 Å². The van der Waals surface area contributed by atoms with Crippen molar-refractivity contribution in [3.63, 3.8) is 0 Å². The Bertz CT molecular complexity index is 385. The van der Waals surface area contributed by atoms with Crippen molar-refractivity contribution >= 4 is 5.97 Å². The Balaban J connectivity index is 1.89. The highest BCUT2D eigenvalue weighted by Crippen LogP contribution is 2.46. The lowest BCUT2D eigenvalue weighted by Gasteiger charge is -2.24. The van der Waals surface area contributed by atoms with Gasteiger partial charge in [0.2, 0.25) is 0 Å². The molecule has 1 saturated carbocycles. The smallest absolute Gasteiger partial charge is 0.309 e. The van der Waals surface area contributed by atoms with Crippen LogP contribution in [0.15, 0.2) is 30.3 Å². The van der Waals surface area contributed by atoms with Crippen molar-refractivity contribution in [3.8, 4) is 0 Å². The van der Waals surface area contributed by atoms with Gasteiger partial charge in [0.25, 0.3) is 0 Å². The van der Waals surface area contributed by atoms with Gasteiger partial charge in [-0.1, -0.05) is 43.2 Å². The molecule has 2 nitrogen and oxygen atoms in total. The summed E-state index contributed by atoms with van der Waals surface area (Å²) >= 11 is 0. The number of esters is 1. The summed E-state index contributed by atoms with van der Waals surface area (Å²) in [5.74, 6) is 0.612. The third kappa shape index (κ3) is 1.53. The van der Waals surface area contributed by atoms with Crippen LogP contribution in [0.25, 0.3) is 0 Å². The van der Waals surface area contributed by atoms with Crippen LogP contribution < -0.4 is 0 Å². The number of rotatable bonds is 1. The number of carbonyl (C=O) groups is 1. The van der Waals surface area contributed by atoms with E-state index in [4.69, 9.17) is 4.74 Å². The fourth-order valence-corrected chi connectivity index (χ4v) is 3.07. The summed E-state index contributed by atoms with van der Waals surface area (Å²) in [7, 11) is 0. The van der Waals surface area contributed by atoms with Crippen LogP contribution in [0.5, 0.6) is 0 Å². The lowest BCUT2D eigenvalue weighted by Crippen LogP contribution is -2.21. The van der Waals surface area contributed by atoms with E-state index in [0.717, 1.165) is 18.4 Å². The van der Waals surface area contributed by atoms with Gasteiger partial charge >= 0.3 is 5.97 Å².